The lowest BCUT2D eigenvalue weighted by molar-refractivity contribution is 0.198. The van der Waals surface area contributed by atoms with E-state index in [-0.39, 0.29) is 0 Å². The smallest absolute Gasteiger partial charge is 0.124 e. The minimum atomic E-state index is 0.366. The number of hydrogen-bond acceptors (Lipinski definition) is 3. The Kier molecular flexibility index (Phi) is 4.80. The standard InChI is InChI=1S/C14H20ClN3O/c1-10(2)18-13-5-4-11(15)8-12(13)17-14(18)9-16-6-7-19-3/h4-5,8,10,16H,6-7,9H2,1-3H3. The van der Waals surface area contributed by atoms with Crippen LogP contribution in [0.5, 0.6) is 0 Å². The lowest BCUT2D eigenvalue weighted by Gasteiger charge is -2.13. The summed E-state index contributed by atoms with van der Waals surface area (Å²) >= 11 is 6.02. The summed E-state index contributed by atoms with van der Waals surface area (Å²) < 4.78 is 7.27. The van der Waals surface area contributed by atoms with Crippen molar-refractivity contribution in [1.82, 2.24) is 14.9 Å². The van der Waals surface area contributed by atoms with Gasteiger partial charge in [-0.15, -0.1) is 0 Å². The van der Waals surface area contributed by atoms with Crippen molar-refractivity contribution in [3.05, 3.63) is 29.0 Å². The highest BCUT2D eigenvalue weighted by Crippen LogP contribution is 2.23. The molecular weight excluding hydrogens is 262 g/mol. The van der Waals surface area contributed by atoms with Crippen molar-refractivity contribution < 1.29 is 4.74 Å². The van der Waals surface area contributed by atoms with Crippen LogP contribution in [-0.4, -0.2) is 29.8 Å². The zero-order valence-corrected chi connectivity index (χ0v) is 12.4. The predicted octanol–water partition coefficient (Wildman–Crippen LogP) is 3.01. The molecule has 0 fully saturated rings. The SMILES string of the molecule is COCCNCc1nc2cc(Cl)ccc2n1C(C)C. The molecule has 2 rings (SSSR count). The minimum Gasteiger partial charge on any atom is -0.383 e. The van der Waals surface area contributed by atoms with Crippen LogP contribution in [0.4, 0.5) is 0 Å². The number of fused-ring (bicyclic) bond motifs is 1. The van der Waals surface area contributed by atoms with Gasteiger partial charge in [0.15, 0.2) is 0 Å². The average molecular weight is 282 g/mol. The summed E-state index contributed by atoms with van der Waals surface area (Å²) in [4.78, 5) is 4.67. The van der Waals surface area contributed by atoms with Gasteiger partial charge in [-0.25, -0.2) is 4.98 Å². The number of methoxy groups -OCH3 is 1. The van der Waals surface area contributed by atoms with Crippen molar-refractivity contribution in [3.8, 4) is 0 Å². The third-order valence-electron chi connectivity index (χ3n) is 3.01. The van der Waals surface area contributed by atoms with E-state index < -0.39 is 0 Å². The molecule has 19 heavy (non-hydrogen) atoms. The normalized spacial score (nSPS) is 11.6. The largest absolute Gasteiger partial charge is 0.383 e. The number of benzene rings is 1. The second-order valence-electron chi connectivity index (χ2n) is 4.79. The van der Waals surface area contributed by atoms with E-state index >= 15 is 0 Å². The van der Waals surface area contributed by atoms with E-state index in [1.165, 1.54) is 0 Å². The summed E-state index contributed by atoms with van der Waals surface area (Å²) in [5.41, 5.74) is 2.08. The van der Waals surface area contributed by atoms with Crippen molar-refractivity contribution in [3.63, 3.8) is 0 Å². The Balaban J connectivity index is 2.28. The van der Waals surface area contributed by atoms with E-state index in [1.807, 2.05) is 18.2 Å². The van der Waals surface area contributed by atoms with Crippen molar-refractivity contribution in [2.24, 2.45) is 0 Å². The molecule has 0 amide bonds. The maximum Gasteiger partial charge on any atom is 0.124 e. The second-order valence-corrected chi connectivity index (χ2v) is 5.23. The highest BCUT2D eigenvalue weighted by molar-refractivity contribution is 6.31. The van der Waals surface area contributed by atoms with Gasteiger partial charge in [-0.05, 0) is 32.0 Å². The summed E-state index contributed by atoms with van der Waals surface area (Å²) in [5, 5.41) is 4.05. The van der Waals surface area contributed by atoms with Gasteiger partial charge in [0.2, 0.25) is 0 Å². The van der Waals surface area contributed by atoms with Crippen LogP contribution in [0.25, 0.3) is 11.0 Å². The monoisotopic (exact) mass is 281 g/mol. The van der Waals surface area contributed by atoms with Gasteiger partial charge in [-0.2, -0.15) is 0 Å². The number of rotatable bonds is 6. The van der Waals surface area contributed by atoms with Crippen LogP contribution >= 0.6 is 11.6 Å². The molecule has 0 aliphatic carbocycles. The first-order chi connectivity index (χ1) is 9.13. The van der Waals surface area contributed by atoms with E-state index in [0.717, 1.165) is 35.0 Å². The molecule has 1 aromatic carbocycles. The van der Waals surface area contributed by atoms with Crippen molar-refractivity contribution in [2.75, 3.05) is 20.3 Å². The molecule has 1 aromatic heterocycles. The van der Waals surface area contributed by atoms with Gasteiger partial charge >= 0.3 is 0 Å². The molecule has 0 bridgehead atoms. The Bertz CT molecular complexity index is 551. The molecule has 0 aliphatic rings. The van der Waals surface area contributed by atoms with Gasteiger partial charge in [-0.1, -0.05) is 11.6 Å². The van der Waals surface area contributed by atoms with Gasteiger partial charge < -0.3 is 14.6 Å². The molecule has 0 atom stereocenters. The Morgan fingerprint density at radius 1 is 1.42 bits per heavy atom. The molecule has 1 N–H and O–H groups in total. The van der Waals surface area contributed by atoms with Crippen LogP contribution in [0.1, 0.15) is 25.7 Å². The van der Waals surface area contributed by atoms with E-state index in [1.54, 1.807) is 7.11 Å². The van der Waals surface area contributed by atoms with E-state index in [2.05, 4.69) is 28.7 Å². The summed E-state index contributed by atoms with van der Waals surface area (Å²) in [6.45, 7) is 6.57. The zero-order chi connectivity index (χ0) is 13.8. The fourth-order valence-electron chi connectivity index (χ4n) is 2.20. The Morgan fingerprint density at radius 2 is 2.21 bits per heavy atom. The van der Waals surface area contributed by atoms with Crippen LogP contribution in [0, 0.1) is 0 Å². The van der Waals surface area contributed by atoms with Crippen molar-refractivity contribution in [2.45, 2.75) is 26.4 Å². The molecule has 0 radical (unpaired) electrons. The maximum absolute atomic E-state index is 6.02. The summed E-state index contributed by atoms with van der Waals surface area (Å²) in [7, 11) is 1.70. The molecule has 2 aromatic rings. The van der Waals surface area contributed by atoms with E-state index in [4.69, 9.17) is 16.3 Å². The van der Waals surface area contributed by atoms with Gasteiger partial charge in [0.05, 0.1) is 24.2 Å². The highest BCUT2D eigenvalue weighted by atomic mass is 35.5. The first kappa shape index (κ1) is 14.3. The average Bonchev–Trinajstić information content (AvgIpc) is 2.72. The quantitative estimate of drug-likeness (QED) is 0.828. The molecule has 0 spiro atoms. The van der Waals surface area contributed by atoms with E-state index in [0.29, 0.717) is 12.6 Å². The first-order valence-electron chi connectivity index (χ1n) is 6.49. The van der Waals surface area contributed by atoms with Crippen molar-refractivity contribution in [1.29, 1.82) is 0 Å². The lowest BCUT2D eigenvalue weighted by Crippen LogP contribution is -2.21. The number of nitrogens with zero attached hydrogens (tertiary/aromatic N) is 2. The molecule has 4 nitrogen and oxygen atoms in total. The van der Waals surface area contributed by atoms with Crippen LogP contribution < -0.4 is 5.32 Å². The third kappa shape index (κ3) is 3.26. The van der Waals surface area contributed by atoms with Crippen molar-refractivity contribution >= 4 is 22.6 Å². The van der Waals surface area contributed by atoms with Crippen LogP contribution in [0.15, 0.2) is 18.2 Å². The highest BCUT2D eigenvalue weighted by Gasteiger charge is 2.12. The number of ether oxygens (including phenoxy) is 1. The number of hydrogen-bond donors (Lipinski definition) is 1. The van der Waals surface area contributed by atoms with Crippen LogP contribution in [-0.2, 0) is 11.3 Å². The summed E-state index contributed by atoms with van der Waals surface area (Å²) in [6.07, 6.45) is 0. The predicted molar refractivity (Wildman–Crippen MR) is 78.7 cm³/mol. The second kappa shape index (κ2) is 6.37. The van der Waals surface area contributed by atoms with Crippen LogP contribution in [0.3, 0.4) is 0 Å². The maximum atomic E-state index is 6.02. The Morgan fingerprint density at radius 3 is 2.89 bits per heavy atom. The number of aromatic nitrogens is 2. The minimum absolute atomic E-state index is 0.366. The fraction of sp³-hybridized carbons (Fsp3) is 0.500. The molecule has 0 aliphatic heterocycles. The first-order valence-corrected chi connectivity index (χ1v) is 6.87. The zero-order valence-electron chi connectivity index (χ0n) is 11.6. The Labute approximate surface area is 118 Å². The molecule has 0 saturated heterocycles. The molecular formula is C14H20ClN3O. The molecule has 0 unspecified atom stereocenters. The topological polar surface area (TPSA) is 39.1 Å². The van der Waals surface area contributed by atoms with Gasteiger partial charge in [0, 0.05) is 24.7 Å². The molecule has 0 saturated carbocycles. The molecule has 1 heterocycles. The number of imidazole rings is 1. The van der Waals surface area contributed by atoms with Gasteiger partial charge in [0.1, 0.15) is 5.82 Å². The van der Waals surface area contributed by atoms with E-state index in [9.17, 15) is 0 Å². The molecule has 5 heteroatoms. The van der Waals surface area contributed by atoms with Gasteiger partial charge in [-0.3, -0.25) is 0 Å². The Hall–Kier alpha value is -1.10. The van der Waals surface area contributed by atoms with Crippen LogP contribution in [0.2, 0.25) is 5.02 Å². The van der Waals surface area contributed by atoms with Gasteiger partial charge in [0.25, 0.3) is 0 Å². The summed E-state index contributed by atoms with van der Waals surface area (Å²) in [6, 6.07) is 6.22. The molecule has 104 valence electrons. The fourth-order valence-corrected chi connectivity index (χ4v) is 2.36. The number of halogens is 1. The number of nitrogens with one attached hydrogen (secondary N) is 1. The third-order valence-corrected chi connectivity index (χ3v) is 3.24. The lowest BCUT2D eigenvalue weighted by atomic mass is 10.3. The summed E-state index contributed by atoms with van der Waals surface area (Å²) in [5.74, 6) is 1.03.